The Bertz CT molecular complexity index is 1040. The Labute approximate surface area is 169 Å². The highest BCUT2D eigenvalue weighted by Crippen LogP contribution is 2.26. The highest BCUT2D eigenvalue weighted by atomic mass is 32.2. The van der Waals surface area contributed by atoms with E-state index in [1.807, 2.05) is 6.92 Å². The third-order valence-electron chi connectivity index (χ3n) is 5.02. The molecule has 1 aliphatic heterocycles. The molecule has 0 N–H and O–H groups in total. The maximum Gasteiger partial charge on any atom is 0.254 e. The van der Waals surface area contributed by atoms with Gasteiger partial charge in [-0.2, -0.15) is 4.31 Å². The van der Waals surface area contributed by atoms with E-state index in [-0.39, 0.29) is 35.4 Å². The molecule has 0 bridgehead atoms. The Kier molecular flexibility index (Phi) is 6.28. The number of sulfonamides is 1. The quantitative estimate of drug-likeness (QED) is 0.712. The predicted molar refractivity (Wildman–Crippen MR) is 106 cm³/mol. The fourth-order valence-corrected chi connectivity index (χ4v) is 4.73. The lowest BCUT2D eigenvalue weighted by atomic mass is 10.1. The van der Waals surface area contributed by atoms with Crippen molar-refractivity contribution in [2.24, 2.45) is 7.05 Å². The molecule has 0 spiro atoms. The van der Waals surface area contributed by atoms with Crippen molar-refractivity contribution in [3.8, 4) is 11.5 Å². The van der Waals surface area contributed by atoms with Gasteiger partial charge in [-0.25, -0.2) is 12.8 Å². The number of halogens is 1. The Balaban J connectivity index is 1.67. The zero-order valence-electron chi connectivity index (χ0n) is 16.7. The summed E-state index contributed by atoms with van der Waals surface area (Å²) in [6.07, 6.45) is 0.769. The van der Waals surface area contributed by atoms with Gasteiger partial charge in [0.2, 0.25) is 10.0 Å². The standard InChI is InChI=1S/C20H25FN2O5S/c1-4-27-19-6-5-17(13-18(19)21)29(25,26)23-9-7-15(8-10-23)28-16-11-14(2)22(3)20(24)12-16/h5-6,11-13,15H,4,7-10H2,1-3H3. The first-order chi connectivity index (χ1) is 13.7. The van der Waals surface area contributed by atoms with E-state index in [1.54, 1.807) is 20.0 Å². The number of hydrogen-bond acceptors (Lipinski definition) is 5. The van der Waals surface area contributed by atoms with Crippen molar-refractivity contribution in [2.75, 3.05) is 19.7 Å². The van der Waals surface area contributed by atoms with Crippen LogP contribution in [0.5, 0.6) is 11.5 Å². The second-order valence-corrected chi connectivity index (χ2v) is 8.91. The van der Waals surface area contributed by atoms with E-state index in [1.165, 1.54) is 27.1 Å². The number of aromatic nitrogens is 1. The number of piperidine rings is 1. The van der Waals surface area contributed by atoms with Gasteiger partial charge in [0.1, 0.15) is 11.9 Å². The van der Waals surface area contributed by atoms with E-state index in [0.717, 1.165) is 11.8 Å². The lowest BCUT2D eigenvalue weighted by Crippen LogP contribution is -2.41. The first kappa shape index (κ1) is 21.3. The van der Waals surface area contributed by atoms with Crippen molar-refractivity contribution < 1.29 is 22.3 Å². The molecule has 0 atom stereocenters. The summed E-state index contributed by atoms with van der Waals surface area (Å²) in [5.41, 5.74) is 0.627. The largest absolute Gasteiger partial charge is 0.491 e. The van der Waals surface area contributed by atoms with Crippen molar-refractivity contribution >= 4 is 10.0 Å². The Morgan fingerprint density at radius 1 is 1.17 bits per heavy atom. The molecule has 2 aromatic rings. The third-order valence-corrected chi connectivity index (χ3v) is 6.92. The summed E-state index contributed by atoms with van der Waals surface area (Å²) in [6.45, 7) is 4.35. The van der Waals surface area contributed by atoms with Crippen LogP contribution in [0.3, 0.4) is 0 Å². The molecule has 0 unspecified atom stereocenters. The molecule has 158 valence electrons. The van der Waals surface area contributed by atoms with E-state index >= 15 is 0 Å². The van der Waals surface area contributed by atoms with E-state index in [2.05, 4.69) is 0 Å². The Hall–Kier alpha value is -2.39. The average Bonchev–Trinajstić information content (AvgIpc) is 2.68. The van der Waals surface area contributed by atoms with Crippen LogP contribution in [0.2, 0.25) is 0 Å². The van der Waals surface area contributed by atoms with Crippen LogP contribution in [-0.4, -0.2) is 43.1 Å². The van der Waals surface area contributed by atoms with Crippen LogP contribution in [-0.2, 0) is 17.1 Å². The van der Waals surface area contributed by atoms with Crippen molar-refractivity contribution in [2.45, 2.75) is 37.7 Å². The molecular formula is C20H25FN2O5S. The van der Waals surface area contributed by atoms with Gasteiger partial charge in [0.25, 0.3) is 5.56 Å². The number of rotatable bonds is 6. The minimum atomic E-state index is -3.80. The van der Waals surface area contributed by atoms with E-state index < -0.39 is 15.8 Å². The smallest absolute Gasteiger partial charge is 0.254 e. The molecule has 0 saturated carbocycles. The van der Waals surface area contributed by atoms with Gasteiger partial charge in [-0.3, -0.25) is 4.79 Å². The number of ether oxygens (including phenoxy) is 2. The van der Waals surface area contributed by atoms with Gasteiger partial charge in [0, 0.05) is 31.9 Å². The number of hydrogen-bond donors (Lipinski definition) is 0. The molecule has 29 heavy (non-hydrogen) atoms. The van der Waals surface area contributed by atoms with Gasteiger partial charge < -0.3 is 14.0 Å². The number of aryl methyl sites for hydroxylation is 1. The van der Waals surface area contributed by atoms with Crippen LogP contribution in [0, 0.1) is 12.7 Å². The highest BCUT2D eigenvalue weighted by Gasteiger charge is 2.31. The molecule has 3 rings (SSSR count). The Morgan fingerprint density at radius 2 is 1.86 bits per heavy atom. The van der Waals surface area contributed by atoms with Crippen molar-refractivity contribution in [1.29, 1.82) is 0 Å². The second-order valence-electron chi connectivity index (χ2n) is 6.98. The molecule has 1 aromatic carbocycles. The van der Waals surface area contributed by atoms with Crippen molar-refractivity contribution in [3.05, 3.63) is 52.2 Å². The minimum Gasteiger partial charge on any atom is -0.491 e. The zero-order valence-corrected chi connectivity index (χ0v) is 17.5. The summed E-state index contributed by atoms with van der Waals surface area (Å²) in [7, 11) is -2.11. The number of pyridine rings is 1. The summed E-state index contributed by atoms with van der Waals surface area (Å²) in [4.78, 5) is 11.8. The summed E-state index contributed by atoms with van der Waals surface area (Å²) in [5, 5.41) is 0. The first-order valence-corrected chi connectivity index (χ1v) is 10.9. The SMILES string of the molecule is CCOc1ccc(S(=O)(=O)N2CCC(Oc3cc(C)n(C)c(=O)c3)CC2)cc1F. The Morgan fingerprint density at radius 3 is 2.45 bits per heavy atom. The van der Waals surface area contributed by atoms with Gasteiger partial charge in [0.15, 0.2) is 11.6 Å². The van der Waals surface area contributed by atoms with Crippen LogP contribution in [0.1, 0.15) is 25.5 Å². The van der Waals surface area contributed by atoms with Crippen LogP contribution in [0.25, 0.3) is 0 Å². The summed E-state index contributed by atoms with van der Waals surface area (Å²) in [5.74, 6) is -0.185. The third kappa shape index (κ3) is 4.62. The van der Waals surface area contributed by atoms with Crippen LogP contribution >= 0.6 is 0 Å². The summed E-state index contributed by atoms with van der Waals surface area (Å²) in [6, 6.07) is 6.89. The van der Waals surface area contributed by atoms with Gasteiger partial charge in [-0.15, -0.1) is 0 Å². The highest BCUT2D eigenvalue weighted by molar-refractivity contribution is 7.89. The van der Waals surface area contributed by atoms with E-state index in [4.69, 9.17) is 9.47 Å². The van der Waals surface area contributed by atoms with E-state index in [0.29, 0.717) is 25.2 Å². The number of nitrogens with zero attached hydrogens (tertiary/aromatic N) is 2. The zero-order chi connectivity index (χ0) is 21.2. The average molecular weight is 424 g/mol. The van der Waals surface area contributed by atoms with Gasteiger partial charge in [-0.05, 0) is 51.0 Å². The maximum atomic E-state index is 14.1. The molecule has 0 radical (unpaired) electrons. The molecule has 0 amide bonds. The molecular weight excluding hydrogens is 399 g/mol. The molecule has 1 aliphatic rings. The summed E-state index contributed by atoms with van der Waals surface area (Å²) < 4.78 is 53.6. The molecule has 1 aromatic heterocycles. The molecule has 1 fully saturated rings. The lowest BCUT2D eigenvalue weighted by Gasteiger charge is -2.31. The molecule has 1 saturated heterocycles. The van der Waals surface area contributed by atoms with Crippen molar-refractivity contribution in [1.82, 2.24) is 8.87 Å². The van der Waals surface area contributed by atoms with Crippen LogP contribution in [0.4, 0.5) is 4.39 Å². The maximum absolute atomic E-state index is 14.1. The first-order valence-electron chi connectivity index (χ1n) is 9.49. The lowest BCUT2D eigenvalue weighted by molar-refractivity contribution is 0.134. The number of benzene rings is 1. The second kappa shape index (κ2) is 8.54. The predicted octanol–water partition coefficient (Wildman–Crippen LogP) is 2.46. The topological polar surface area (TPSA) is 77.8 Å². The van der Waals surface area contributed by atoms with Gasteiger partial charge >= 0.3 is 0 Å². The fourth-order valence-electron chi connectivity index (χ4n) is 3.25. The molecule has 2 heterocycles. The van der Waals surface area contributed by atoms with Crippen LogP contribution in [0.15, 0.2) is 40.0 Å². The molecule has 0 aliphatic carbocycles. The fraction of sp³-hybridized carbons (Fsp3) is 0.450. The van der Waals surface area contributed by atoms with Gasteiger partial charge in [-0.1, -0.05) is 0 Å². The molecule has 7 nitrogen and oxygen atoms in total. The van der Waals surface area contributed by atoms with Gasteiger partial charge in [0.05, 0.1) is 11.5 Å². The summed E-state index contributed by atoms with van der Waals surface area (Å²) >= 11 is 0. The minimum absolute atomic E-state index is 0.0304. The normalized spacial score (nSPS) is 16.0. The van der Waals surface area contributed by atoms with Crippen LogP contribution < -0.4 is 15.0 Å². The van der Waals surface area contributed by atoms with Crippen molar-refractivity contribution in [3.63, 3.8) is 0 Å². The van der Waals surface area contributed by atoms with E-state index in [9.17, 15) is 17.6 Å². The molecule has 9 heteroatoms. The monoisotopic (exact) mass is 424 g/mol.